The van der Waals surface area contributed by atoms with Crippen LogP contribution in [0.4, 0.5) is 5.95 Å². The summed E-state index contributed by atoms with van der Waals surface area (Å²) in [6, 6.07) is 11.6. The lowest BCUT2D eigenvalue weighted by molar-refractivity contribution is 0.341. The van der Waals surface area contributed by atoms with Crippen LogP contribution in [0.25, 0.3) is 22.0 Å². The zero-order valence-electron chi connectivity index (χ0n) is 17.9. The first kappa shape index (κ1) is 23.2. The average Bonchev–Trinajstić information content (AvgIpc) is 3.32. The number of alkyl halides is 1. The van der Waals surface area contributed by atoms with E-state index < -0.39 is 0 Å². The van der Waals surface area contributed by atoms with Gasteiger partial charge < -0.3 is 4.74 Å². The monoisotopic (exact) mass is 498 g/mol. The van der Waals surface area contributed by atoms with E-state index in [0.717, 1.165) is 27.6 Å². The van der Waals surface area contributed by atoms with E-state index in [9.17, 15) is 5.26 Å². The number of halogens is 2. The molecule has 4 rings (SSSR count). The first-order valence-corrected chi connectivity index (χ1v) is 12.2. The van der Waals surface area contributed by atoms with Crippen LogP contribution in [-0.2, 0) is 0 Å². The van der Waals surface area contributed by atoms with E-state index >= 15 is 0 Å². The van der Waals surface area contributed by atoms with E-state index in [1.807, 2.05) is 48.5 Å². The molecule has 0 radical (unpaired) electrons. The molecule has 33 heavy (non-hydrogen) atoms. The van der Waals surface area contributed by atoms with Crippen molar-refractivity contribution >= 4 is 52.0 Å². The van der Waals surface area contributed by atoms with Crippen LogP contribution < -0.4 is 9.46 Å². The summed E-state index contributed by atoms with van der Waals surface area (Å²) in [5.41, 5.74) is 4.05. The van der Waals surface area contributed by atoms with E-state index in [4.69, 9.17) is 27.9 Å². The van der Waals surface area contributed by atoms with Gasteiger partial charge in [-0.3, -0.25) is 9.40 Å². The van der Waals surface area contributed by atoms with Gasteiger partial charge in [0, 0.05) is 29.6 Å². The molecule has 0 aliphatic carbocycles. The van der Waals surface area contributed by atoms with E-state index in [-0.39, 0.29) is 12.6 Å². The van der Waals surface area contributed by atoms with Gasteiger partial charge in [-0.05, 0) is 42.3 Å². The van der Waals surface area contributed by atoms with Crippen molar-refractivity contribution in [3.05, 3.63) is 65.1 Å². The highest BCUT2D eigenvalue weighted by Gasteiger charge is 2.17. The molecule has 0 fully saturated rings. The van der Waals surface area contributed by atoms with Crippen LogP contribution >= 0.6 is 35.1 Å². The van der Waals surface area contributed by atoms with Crippen LogP contribution in [-0.4, -0.2) is 38.5 Å². The summed E-state index contributed by atoms with van der Waals surface area (Å²) in [5, 5.41) is 15.4. The van der Waals surface area contributed by atoms with Gasteiger partial charge in [0.2, 0.25) is 5.95 Å². The zero-order chi connectivity index (χ0) is 23.4. The molecule has 10 heteroatoms. The van der Waals surface area contributed by atoms with Crippen molar-refractivity contribution in [2.24, 2.45) is 0 Å². The average molecular weight is 499 g/mol. The number of aromatic nitrogens is 4. The van der Waals surface area contributed by atoms with Crippen molar-refractivity contribution < 1.29 is 4.74 Å². The third kappa shape index (κ3) is 5.01. The first-order chi connectivity index (χ1) is 16.0. The maximum Gasteiger partial charge on any atom is 0.233 e. The summed E-state index contributed by atoms with van der Waals surface area (Å²) in [6.07, 6.45) is 7.51. The molecule has 168 valence electrons. The minimum atomic E-state index is -0.144. The number of benzene rings is 2. The van der Waals surface area contributed by atoms with Gasteiger partial charge in [0.1, 0.15) is 12.7 Å². The van der Waals surface area contributed by atoms with Crippen molar-refractivity contribution in [2.75, 3.05) is 23.5 Å². The van der Waals surface area contributed by atoms with Gasteiger partial charge in [0.15, 0.2) is 5.75 Å². The van der Waals surface area contributed by atoms with Crippen molar-refractivity contribution in [3.8, 4) is 22.9 Å². The van der Waals surface area contributed by atoms with Gasteiger partial charge in [-0.1, -0.05) is 29.6 Å². The Bertz CT molecular complexity index is 1340. The molecule has 0 spiro atoms. The molecule has 0 saturated heterocycles. The Balaban J connectivity index is 1.61. The molecular formula is C23H20Cl2N6OS. The van der Waals surface area contributed by atoms with Gasteiger partial charge >= 0.3 is 0 Å². The fourth-order valence-electron chi connectivity index (χ4n) is 3.43. The van der Waals surface area contributed by atoms with Gasteiger partial charge in [-0.15, -0.1) is 11.6 Å². The molecule has 0 aliphatic rings. The molecule has 0 amide bonds. The second-order valence-corrected chi connectivity index (χ2v) is 8.58. The fourth-order valence-corrected chi connectivity index (χ4v) is 4.07. The smallest absolute Gasteiger partial charge is 0.233 e. The third-order valence-electron chi connectivity index (χ3n) is 5.10. The highest BCUT2D eigenvalue weighted by atomic mass is 35.5. The molecule has 1 unspecified atom stereocenters. The minimum absolute atomic E-state index is 0.144. The maximum absolute atomic E-state index is 9.55. The van der Waals surface area contributed by atoms with Crippen molar-refractivity contribution in [2.45, 2.75) is 13.0 Å². The Kier molecular flexibility index (Phi) is 7.23. The molecule has 1 atom stereocenters. The van der Waals surface area contributed by atoms with Crippen LogP contribution in [0.1, 0.15) is 24.1 Å². The molecule has 7 nitrogen and oxygen atoms in total. The number of ether oxygens (including phenoxy) is 1. The van der Waals surface area contributed by atoms with Crippen molar-refractivity contribution in [1.29, 1.82) is 5.26 Å². The summed E-state index contributed by atoms with van der Waals surface area (Å²) in [7, 11) is 0. The maximum atomic E-state index is 9.55. The molecule has 4 aromatic rings. The predicted octanol–water partition coefficient (Wildman–Crippen LogP) is 5.94. The Labute approximate surface area is 205 Å². The van der Waals surface area contributed by atoms with Gasteiger partial charge in [-0.25, -0.2) is 9.97 Å². The second kappa shape index (κ2) is 10.3. The summed E-state index contributed by atoms with van der Waals surface area (Å²) in [4.78, 5) is 8.84. The highest BCUT2D eigenvalue weighted by Crippen LogP contribution is 2.34. The highest BCUT2D eigenvalue weighted by molar-refractivity contribution is 7.99. The standard InChI is InChI=1S/C23H20Cl2N6OS/c1-14(16-8-17(10-26)22(20(25)9-16)32-6-5-24)31-13-19(12-28-31)15-3-4-21-18(7-15)11-27-23(29-21)30-33-2/h3-4,7-9,11-14H,5-6H2,1-2H3,(H,27,29,30). The number of fused-ring (bicyclic) bond motifs is 1. The zero-order valence-corrected chi connectivity index (χ0v) is 20.2. The van der Waals surface area contributed by atoms with Gasteiger partial charge in [0.25, 0.3) is 0 Å². The van der Waals surface area contributed by atoms with Crippen LogP contribution in [0.2, 0.25) is 5.02 Å². The normalized spacial score (nSPS) is 11.8. The predicted molar refractivity (Wildman–Crippen MR) is 134 cm³/mol. The SMILES string of the molecule is CSNc1ncc2cc(-c3cnn(C(C)c4cc(Cl)c(OCCCl)c(C#N)c4)c3)ccc2n1. The quantitative estimate of drug-likeness (QED) is 0.237. The number of rotatable bonds is 8. The number of nitriles is 1. The Morgan fingerprint density at radius 3 is 2.85 bits per heavy atom. The van der Waals surface area contributed by atoms with Crippen LogP contribution in [0.15, 0.2) is 48.9 Å². The Hall–Kier alpha value is -2.99. The molecule has 2 aromatic heterocycles. The van der Waals surface area contributed by atoms with E-state index in [1.165, 1.54) is 11.9 Å². The summed E-state index contributed by atoms with van der Waals surface area (Å²) in [6.45, 7) is 2.27. The molecule has 1 N–H and O–H groups in total. The Morgan fingerprint density at radius 1 is 1.24 bits per heavy atom. The van der Waals surface area contributed by atoms with Crippen molar-refractivity contribution in [1.82, 2.24) is 19.7 Å². The topological polar surface area (TPSA) is 88.6 Å². The van der Waals surface area contributed by atoms with Crippen LogP contribution in [0.5, 0.6) is 5.75 Å². The van der Waals surface area contributed by atoms with Crippen molar-refractivity contribution in [3.63, 3.8) is 0 Å². The van der Waals surface area contributed by atoms with Crippen LogP contribution in [0.3, 0.4) is 0 Å². The van der Waals surface area contributed by atoms with Gasteiger partial charge in [-0.2, -0.15) is 10.4 Å². The van der Waals surface area contributed by atoms with E-state index in [1.54, 1.807) is 18.3 Å². The number of nitrogens with zero attached hydrogens (tertiary/aromatic N) is 5. The number of hydrogen-bond donors (Lipinski definition) is 1. The van der Waals surface area contributed by atoms with E-state index in [0.29, 0.717) is 28.2 Å². The minimum Gasteiger partial charge on any atom is -0.489 e. The number of nitrogens with one attached hydrogen (secondary N) is 1. The first-order valence-electron chi connectivity index (χ1n) is 10.1. The molecular weight excluding hydrogens is 479 g/mol. The molecule has 2 heterocycles. The molecule has 2 aromatic carbocycles. The van der Waals surface area contributed by atoms with E-state index in [2.05, 4.69) is 25.9 Å². The third-order valence-corrected chi connectivity index (χ3v) is 5.92. The molecule has 0 saturated carbocycles. The lowest BCUT2D eigenvalue weighted by Crippen LogP contribution is -2.08. The van der Waals surface area contributed by atoms with Gasteiger partial charge in [0.05, 0.1) is 34.2 Å². The van der Waals surface area contributed by atoms with Crippen LogP contribution in [0, 0.1) is 11.3 Å². The second-order valence-electron chi connectivity index (χ2n) is 7.19. The molecule has 0 aliphatic heterocycles. The largest absolute Gasteiger partial charge is 0.489 e. The summed E-state index contributed by atoms with van der Waals surface area (Å²) >= 11 is 13.5. The summed E-state index contributed by atoms with van der Waals surface area (Å²) in [5.74, 6) is 1.25. The number of anilines is 1. The lowest BCUT2D eigenvalue weighted by atomic mass is 10.0. The fraction of sp³-hybridized carbons (Fsp3) is 0.217. The molecule has 0 bridgehead atoms. The lowest BCUT2D eigenvalue weighted by Gasteiger charge is -2.16. The summed E-state index contributed by atoms with van der Waals surface area (Å²) < 4.78 is 10.4. The number of hydrogen-bond acceptors (Lipinski definition) is 7. The Morgan fingerprint density at radius 2 is 2.09 bits per heavy atom.